The molecule has 0 aromatic heterocycles. The van der Waals surface area contributed by atoms with Gasteiger partial charge in [0.05, 0.1) is 0 Å². The summed E-state index contributed by atoms with van der Waals surface area (Å²) in [6.07, 6.45) is 8.75. The van der Waals surface area contributed by atoms with Gasteiger partial charge < -0.3 is 0 Å². The average Bonchev–Trinajstić information content (AvgIpc) is 2.12. The molecule has 1 nitrogen and oxygen atoms in total. The van der Waals surface area contributed by atoms with Crippen LogP contribution in [0.3, 0.4) is 0 Å². The normalized spacial score (nSPS) is 33.5. The number of allylic oxidation sites excluding steroid dienone is 4. The van der Waals surface area contributed by atoms with Crippen LogP contribution >= 0.6 is 0 Å². The second-order valence-corrected chi connectivity index (χ2v) is 4.43. The van der Waals surface area contributed by atoms with Gasteiger partial charge in [-0.1, -0.05) is 25.0 Å². The van der Waals surface area contributed by atoms with Crippen LogP contribution in [0.1, 0.15) is 39.5 Å². The fourth-order valence-electron chi connectivity index (χ4n) is 2.56. The molecule has 1 atom stereocenters. The summed E-state index contributed by atoms with van der Waals surface area (Å²) in [4.78, 5) is 11.4. The van der Waals surface area contributed by atoms with Gasteiger partial charge in [0.25, 0.3) is 0 Å². The van der Waals surface area contributed by atoms with Crippen LogP contribution in [0, 0.1) is 5.41 Å². The van der Waals surface area contributed by atoms with E-state index in [0.717, 1.165) is 12.0 Å². The molecule has 0 N–H and O–H groups in total. The smallest absolute Gasteiger partial charge is 0.181 e. The highest BCUT2D eigenvalue weighted by molar-refractivity contribution is 6.05. The highest BCUT2D eigenvalue weighted by atomic mass is 16.1. The Morgan fingerprint density at radius 2 is 2.15 bits per heavy atom. The van der Waals surface area contributed by atoms with Crippen molar-refractivity contribution in [2.24, 2.45) is 5.41 Å². The van der Waals surface area contributed by atoms with E-state index in [1.807, 2.05) is 6.92 Å². The molecular formula is C12H16O. The summed E-state index contributed by atoms with van der Waals surface area (Å²) in [5, 5.41) is 0. The van der Waals surface area contributed by atoms with Crippen LogP contribution in [-0.4, -0.2) is 5.78 Å². The third-order valence-corrected chi connectivity index (χ3v) is 3.49. The van der Waals surface area contributed by atoms with Crippen molar-refractivity contribution >= 4 is 5.78 Å². The largest absolute Gasteiger partial charge is 0.290 e. The van der Waals surface area contributed by atoms with E-state index < -0.39 is 0 Å². The first-order chi connectivity index (χ1) is 6.13. The first kappa shape index (κ1) is 8.74. The van der Waals surface area contributed by atoms with Crippen LogP contribution in [0.4, 0.5) is 0 Å². The Morgan fingerprint density at radius 3 is 2.92 bits per heavy atom. The Balaban J connectivity index is 2.45. The number of fused-ring (bicyclic) bond motifs is 1. The highest BCUT2D eigenvalue weighted by Crippen LogP contribution is 2.45. The maximum absolute atomic E-state index is 11.4. The molecule has 0 aliphatic heterocycles. The second kappa shape index (κ2) is 2.83. The van der Waals surface area contributed by atoms with Gasteiger partial charge >= 0.3 is 0 Å². The summed E-state index contributed by atoms with van der Waals surface area (Å²) >= 11 is 0. The Morgan fingerprint density at radius 1 is 1.38 bits per heavy atom. The molecule has 0 spiro atoms. The number of carbonyl (C=O) groups is 1. The van der Waals surface area contributed by atoms with Crippen molar-refractivity contribution in [3.05, 3.63) is 23.3 Å². The third kappa shape index (κ3) is 1.27. The van der Waals surface area contributed by atoms with Gasteiger partial charge in [0.2, 0.25) is 0 Å². The van der Waals surface area contributed by atoms with Crippen LogP contribution in [-0.2, 0) is 4.79 Å². The molecule has 1 fully saturated rings. The Kier molecular flexibility index (Phi) is 1.90. The lowest BCUT2D eigenvalue weighted by atomic mass is 9.67. The first-order valence-corrected chi connectivity index (χ1v) is 5.07. The molecule has 0 heterocycles. The fraction of sp³-hybridized carbons (Fsp3) is 0.583. The maximum Gasteiger partial charge on any atom is 0.181 e. The molecule has 0 saturated heterocycles. The fourth-order valence-corrected chi connectivity index (χ4v) is 2.56. The Hall–Kier alpha value is -0.850. The third-order valence-electron chi connectivity index (χ3n) is 3.49. The minimum absolute atomic E-state index is 0.205. The van der Waals surface area contributed by atoms with Crippen LogP contribution in [0.2, 0.25) is 0 Å². The summed E-state index contributed by atoms with van der Waals surface area (Å²) < 4.78 is 0. The Labute approximate surface area is 79.5 Å². The zero-order valence-corrected chi connectivity index (χ0v) is 8.39. The van der Waals surface area contributed by atoms with Crippen LogP contribution in [0.5, 0.6) is 0 Å². The van der Waals surface area contributed by atoms with Crippen molar-refractivity contribution in [2.75, 3.05) is 0 Å². The number of rotatable bonds is 0. The quantitative estimate of drug-likeness (QED) is 0.554. The summed E-state index contributed by atoms with van der Waals surface area (Å²) in [6, 6.07) is 0. The molecule has 2 aliphatic carbocycles. The number of carbonyl (C=O) groups excluding carboxylic acids is 1. The second-order valence-electron chi connectivity index (χ2n) is 4.43. The zero-order chi connectivity index (χ0) is 9.47. The highest BCUT2D eigenvalue weighted by Gasteiger charge is 2.33. The van der Waals surface area contributed by atoms with Gasteiger partial charge in [-0.2, -0.15) is 0 Å². The van der Waals surface area contributed by atoms with E-state index >= 15 is 0 Å². The summed E-state index contributed by atoms with van der Waals surface area (Å²) in [7, 11) is 0. The average molecular weight is 176 g/mol. The molecule has 1 saturated carbocycles. The SMILES string of the molecule is CC1=C2CCCC[C@@]2(C)C=CC1=O. The van der Waals surface area contributed by atoms with E-state index in [1.54, 1.807) is 6.08 Å². The van der Waals surface area contributed by atoms with E-state index in [1.165, 1.54) is 24.8 Å². The number of hydrogen-bond acceptors (Lipinski definition) is 1. The summed E-state index contributed by atoms with van der Waals surface area (Å²) in [5.41, 5.74) is 2.60. The molecule has 0 bridgehead atoms. The standard InChI is InChI=1S/C12H16O/c1-9-10-5-3-4-7-12(10,2)8-6-11(9)13/h6,8H,3-5,7H2,1-2H3/t12-/m0/s1. The minimum atomic E-state index is 0.205. The van der Waals surface area contributed by atoms with Gasteiger partial charge in [0.1, 0.15) is 0 Å². The lowest BCUT2D eigenvalue weighted by molar-refractivity contribution is -0.111. The van der Waals surface area contributed by atoms with Gasteiger partial charge in [0.15, 0.2) is 5.78 Å². The van der Waals surface area contributed by atoms with E-state index in [4.69, 9.17) is 0 Å². The molecule has 0 amide bonds. The maximum atomic E-state index is 11.4. The van der Waals surface area contributed by atoms with E-state index in [9.17, 15) is 4.79 Å². The van der Waals surface area contributed by atoms with Crippen molar-refractivity contribution in [1.82, 2.24) is 0 Å². The topological polar surface area (TPSA) is 17.1 Å². The molecule has 2 aliphatic rings. The zero-order valence-electron chi connectivity index (χ0n) is 8.39. The molecule has 13 heavy (non-hydrogen) atoms. The molecule has 0 unspecified atom stereocenters. The first-order valence-electron chi connectivity index (χ1n) is 5.07. The van der Waals surface area contributed by atoms with Gasteiger partial charge in [-0.25, -0.2) is 0 Å². The number of hydrogen-bond donors (Lipinski definition) is 0. The molecule has 0 radical (unpaired) electrons. The monoisotopic (exact) mass is 176 g/mol. The van der Waals surface area contributed by atoms with Crippen molar-refractivity contribution in [3.8, 4) is 0 Å². The van der Waals surface area contributed by atoms with Gasteiger partial charge in [-0.05, 0) is 37.8 Å². The summed E-state index contributed by atoms with van der Waals surface area (Å²) in [6.45, 7) is 4.23. The van der Waals surface area contributed by atoms with Gasteiger partial charge in [-0.3, -0.25) is 4.79 Å². The molecule has 2 rings (SSSR count). The van der Waals surface area contributed by atoms with E-state index in [0.29, 0.717) is 0 Å². The molecule has 1 heteroatoms. The van der Waals surface area contributed by atoms with Crippen molar-refractivity contribution < 1.29 is 4.79 Å². The predicted octanol–water partition coefficient (Wildman–Crippen LogP) is 3.02. The Bertz CT molecular complexity index is 309. The van der Waals surface area contributed by atoms with Crippen molar-refractivity contribution in [1.29, 1.82) is 0 Å². The van der Waals surface area contributed by atoms with Crippen LogP contribution in [0.25, 0.3) is 0 Å². The van der Waals surface area contributed by atoms with Crippen molar-refractivity contribution in [2.45, 2.75) is 39.5 Å². The van der Waals surface area contributed by atoms with E-state index in [-0.39, 0.29) is 11.2 Å². The van der Waals surface area contributed by atoms with E-state index in [2.05, 4.69) is 13.0 Å². The molecular weight excluding hydrogens is 160 g/mol. The lowest BCUT2D eigenvalue weighted by Crippen LogP contribution is -2.26. The summed E-state index contributed by atoms with van der Waals surface area (Å²) in [5.74, 6) is 0.217. The molecule has 0 aromatic rings. The molecule has 70 valence electrons. The minimum Gasteiger partial charge on any atom is -0.290 e. The number of ketones is 1. The molecule has 0 aromatic carbocycles. The lowest BCUT2D eigenvalue weighted by Gasteiger charge is -2.37. The van der Waals surface area contributed by atoms with Crippen LogP contribution in [0.15, 0.2) is 23.3 Å². The van der Waals surface area contributed by atoms with Gasteiger partial charge in [-0.15, -0.1) is 0 Å². The van der Waals surface area contributed by atoms with Crippen LogP contribution < -0.4 is 0 Å². The van der Waals surface area contributed by atoms with Crippen molar-refractivity contribution in [3.63, 3.8) is 0 Å². The predicted molar refractivity (Wildman–Crippen MR) is 53.4 cm³/mol. The van der Waals surface area contributed by atoms with Gasteiger partial charge in [0, 0.05) is 5.41 Å².